The van der Waals surface area contributed by atoms with Gasteiger partial charge in [0.2, 0.25) is 0 Å². The van der Waals surface area contributed by atoms with E-state index in [2.05, 4.69) is 35.8 Å². The largest absolute Gasteiger partial charge is 0.508 e. The number of aryl methyl sites for hydroxylation is 1. The summed E-state index contributed by atoms with van der Waals surface area (Å²) in [5, 5.41) is 15.4. The number of benzene rings is 1. The van der Waals surface area contributed by atoms with E-state index in [0.29, 0.717) is 17.8 Å². The number of hydrogen-bond acceptors (Lipinski definition) is 3. The second kappa shape index (κ2) is 5.35. The molecule has 2 N–H and O–H groups in total. The van der Waals surface area contributed by atoms with Crippen molar-refractivity contribution in [2.45, 2.75) is 38.3 Å². The minimum atomic E-state index is 0.379. The van der Waals surface area contributed by atoms with Crippen LogP contribution < -0.4 is 5.32 Å². The van der Waals surface area contributed by atoms with E-state index >= 15 is 0 Å². The first-order chi connectivity index (χ1) is 9.24. The Hall–Kier alpha value is -1.32. The van der Waals surface area contributed by atoms with Gasteiger partial charge in [-0.3, -0.25) is 0 Å². The van der Waals surface area contributed by atoms with Gasteiger partial charge in [-0.05, 0) is 60.9 Å². The maximum absolute atomic E-state index is 9.59. The van der Waals surface area contributed by atoms with E-state index < -0.39 is 0 Å². The van der Waals surface area contributed by atoms with Gasteiger partial charge in [0.05, 0.1) is 0 Å². The molecule has 0 aliphatic heterocycles. The minimum absolute atomic E-state index is 0.379. The number of aromatic hydroxyl groups is 1. The van der Waals surface area contributed by atoms with Crippen LogP contribution in [0.25, 0.3) is 0 Å². The van der Waals surface area contributed by atoms with Crippen molar-refractivity contribution >= 4 is 11.3 Å². The zero-order valence-corrected chi connectivity index (χ0v) is 11.9. The highest BCUT2D eigenvalue weighted by molar-refractivity contribution is 7.10. The van der Waals surface area contributed by atoms with Gasteiger partial charge in [-0.15, -0.1) is 11.3 Å². The number of rotatable bonds is 3. The summed E-state index contributed by atoms with van der Waals surface area (Å²) < 4.78 is 0. The molecule has 1 aromatic heterocycles. The fraction of sp³-hybridized carbons (Fsp3) is 0.375. The quantitative estimate of drug-likeness (QED) is 0.879. The van der Waals surface area contributed by atoms with Crippen LogP contribution in [0.4, 0.5) is 0 Å². The normalized spacial score (nSPS) is 19.9. The van der Waals surface area contributed by atoms with Crippen molar-refractivity contribution in [3.8, 4) is 5.75 Å². The number of hydrogen-bond donors (Lipinski definition) is 2. The SMILES string of the molecule is C[C@@H](NC1CCCc2cc(O)ccc21)c1cccs1. The van der Waals surface area contributed by atoms with Crippen LogP contribution in [0.3, 0.4) is 0 Å². The molecule has 0 saturated carbocycles. The van der Waals surface area contributed by atoms with E-state index in [0.717, 1.165) is 6.42 Å². The molecule has 2 aromatic rings. The molecule has 0 amide bonds. The van der Waals surface area contributed by atoms with E-state index in [-0.39, 0.29) is 0 Å². The standard InChI is InChI=1S/C16H19NOS/c1-11(16-6-3-9-19-16)17-15-5-2-4-12-10-13(18)7-8-14(12)15/h3,6-11,15,17-18H,2,4-5H2,1H3/t11-,15?/m1/s1. The molecule has 0 radical (unpaired) electrons. The van der Waals surface area contributed by atoms with Gasteiger partial charge in [0, 0.05) is 17.0 Å². The molecule has 100 valence electrons. The van der Waals surface area contributed by atoms with Gasteiger partial charge in [-0.25, -0.2) is 0 Å². The van der Waals surface area contributed by atoms with Crippen LogP contribution in [0.15, 0.2) is 35.7 Å². The van der Waals surface area contributed by atoms with Crippen molar-refractivity contribution in [1.29, 1.82) is 0 Å². The van der Waals surface area contributed by atoms with Gasteiger partial charge in [0.15, 0.2) is 0 Å². The molecule has 2 atom stereocenters. The summed E-state index contributed by atoms with van der Waals surface area (Å²) in [7, 11) is 0. The third kappa shape index (κ3) is 2.67. The van der Waals surface area contributed by atoms with Gasteiger partial charge in [0.1, 0.15) is 5.75 Å². The lowest BCUT2D eigenvalue weighted by molar-refractivity contribution is 0.415. The number of phenolic OH excluding ortho intramolecular Hbond substituents is 1. The average Bonchev–Trinajstić information content (AvgIpc) is 2.92. The third-order valence-corrected chi connectivity index (χ3v) is 4.92. The molecule has 0 spiro atoms. The smallest absolute Gasteiger partial charge is 0.115 e. The molecule has 2 nitrogen and oxygen atoms in total. The number of nitrogens with one attached hydrogen (secondary N) is 1. The van der Waals surface area contributed by atoms with Gasteiger partial charge >= 0.3 is 0 Å². The molecule has 0 bridgehead atoms. The molecule has 0 fully saturated rings. The Balaban J connectivity index is 1.80. The summed E-state index contributed by atoms with van der Waals surface area (Å²) in [6, 6.07) is 10.9. The second-order valence-electron chi connectivity index (χ2n) is 5.23. The van der Waals surface area contributed by atoms with Crippen molar-refractivity contribution in [2.24, 2.45) is 0 Å². The lowest BCUT2D eigenvalue weighted by Crippen LogP contribution is -2.27. The Morgan fingerprint density at radius 3 is 3.05 bits per heavy atom. The van der Waals surface area contributed by atoms with Crippen LogP contribution in [-0.4, -0.2) is 5.11 Å². The van der Waals surface area contributed by atoms with Gasteiger partial charge < -0.3 is 10.4 Å². The zero-order chi connectivity index (χ0) is 13.2. The van der Waals surface area contributed by atoms with Gasteiger partial charge in [-0.1, -0.05) is 12.1 Å². The number of phenols is 1. The molecule has 3 rings (SSSR count). The lowest BCUT2D eigenvalue weighted by atomic mass is 9.87. The van der Waals surface area contributed by atoms with Crippen molar-refractivity contribution in [1.82, 2.24) is 5.32 Å². The summed E-state index contributed by atoms with van der Waals surface area (Å²) in [5.41, 5.74) is 2.65. The highest BCUT2D eigenvalue weighted by Crippen LogP contribution is 2.34. The van der Waals surface area contributed by atoms with Crippen molar-refractivity contribution < 1.29 is 5.11 Å². The van der Waals surface area contributed by atoms with Crippen molar-refractivity contribution in [3.05, 3.63) is 51.7 Å². The van der Waals surface area contributed by atoms with E-state index in [9.17, 15) is 5.11 Å². The molecular weight excluding hydrogens is 254 g/mol. The maximum Gasteiger partial charge on any atom is 0.115 e. The fourth-order valence-corrected chi connectivity index (χ4v) is 3.64. The number of fused-ring (bicyclic) bond motifs is 1. The van der Waals surface area contributed by atoms with Crippen LogP contribution in [0.2, 0.25) is 0 Å². The van der Waals surface area contributed by atoms with E-state index in [1.165, 1.54) is 28.8 Å². The molecule has 0 saturated heterocycles. The molecule has 1 aromatic carbocycles. The summed E-state index contributed by atoms with van der Waals surface area (Å²) in [5.74, 6) is 0.380. The summed E-state index contributed by atoms with van der Waals surface area (Å²) in [6.07, 6.45) is 3.44. The zero-order valence-electron chi connectivity index (χ0n) is 11.1. The van der Waals surface area contributed by atoms with Crippen LogP contribution in [0.1, 0.15) is 47.9 Å². The summed E-state index contributed by atoms with van der Waals surface area (Å²) in [6.45, 7) is 2.22. The predicted molar refractivity (Wildman–Crippen MR) is 79.7 cm³/mol. The maximum atomic E-state index is 9.59. The first-order valence-corrected chi connectivity index (χ1v) is 7.73. The van der Waals surface area contributed by atoms with Gasteiger partial charge in [-0.2, -0.15) is 0 Å². The van der Waals surface area contributed by atoms with Crippen LogP contribution in [0, 0.1) is 0 Å². The Kier molecular flexibility index (Phi) is 3.58. The summed E-state index contributed by atoms with van der Waals surface area (Å²) >= 11 is 1.80. The predicted octanol–water partition coefficient (Wildman–Crippen LogP) is 4.18. The molecule has 1 aliphatic carbocycles. The Morgan fingerprint density at radius 1 is 1.37 bits per heavy atom. The van der Waals surface area contributed by atoms with Crippen LogP contribution in [0.5, 0.6) is 5.75 Å². The molecule has 3 heteroatoms. The monoisotopic (exact) mass is 273 g/mol. The van der Waals surface area contributed by atoms with Crippen molar-refractivity contribution in [3.63, 3.8) is 0 Å². The average molecular weight is 273 g/mol. The Morgan fingerprint density at radius 2 is 2.26 bits per heavy atom. The minimum Gasteiger partial charge on any atom is -0.508 e. The Labute approximate surface area is 118 Å². The lowest BCUT2D eigenvalue weighted by Gasteiger charge is -2.29. The van der Waals surface area contributed by atoms with Crippen LogP contribution >= 0.6 is 11.3 Å². The molecule has 1 aliphatic rings. The van der Waals surface area contributed by atoms with E-state index in [1.54, 1.807) is 17.4 Å². The molecule has 1 heterocycles. The Bertz CT molecular complexity index is 550. The van der Waals surface area contributed by atoms with E-state index in [1.807, 2.05) is 6.07 Å². The van der Waals surface area contributed by atoms with Crippen molar-refractivity contribution in [2.75, 3.05) is 0 Å². The molecular formula is C16H19NOS. The topological polar surface area (TPSA) is 32.3 Å². The van der Waals surface area contributed by atoms with Gasteiger partial charge in [0.25, 0.3) is 0 Å². The van der Waals surface area contributed by atoms with Crippen LogP contribution in [-0.2, 0) is 6.42 Å². The molecule has 1 unspecified atom stereocenters. The highest BCUT2D eigenvalue weighted by Gasteiger charge is 2.22. The second-order valence-corrected chi connectivity index (χ2v) is 6.21. The first-order valence-electron chi connectivity index (χ1n) is 6.85. The fourth-order valence-electron chi connectivity index (χ4n) is 2.90. The van der Waals surface area contributed by atoms with E-state index in [4.69, 9.17) is 0 Å². The summed E-state index contributed by atoms with van der Waals surface area (Å²) in [4.78, 5) is 1.38. The first kappa shape index (κ1) is 12.7. The third-order valence-electron chi connectivity index (χ3n) is 3.86. The number of thiophene rings is 1. The highest BCUT2D eigenvalue weighted by atomic mass is 32.1. The molecule has 19 heavy (non-hydrogen) atoms.